The number of nitrogens with zero attached hydrogens (tertiary/aromatic N) is 4. The third-order valence-electron chi connectivity index (χ3n) is 8.67. The van der Waals surface area contributed by atoms with Crippen molar-refractivity contribution < 1.29 is 4.79 Å². The lowest BCUT2D eigenvalue weighted by Gasteiger charge is -2.59. The van der Waals surface area contributed by atoms with Crippen LogP contribution < -0.4 is 0 Å². The van der Waals surface area contributed by atoms with Crippen molar-refractivity contribution in [1.29, 1.82) is 0 Å². The number of nitrogens with one attached hydrogen (secondary N) is 1. The Bertz CT molecular complexity index is 1220. The second-order valence-electron chi connectivity index (χ2n) is 11.0. The van der Waals surface area contributed by atoms with Crippen LogP contribution in [0.5, 0.6) is 0 Å². The van der Waals surface area contributed by atoms with E-state index in [0.29, 0.717) is 29.5 Å². The molecule has 2 aliphatic carbocycles. The molecule has 1 saturated heterocycles. The topological polar surface area (TPSA) is 66.8 Å². The van der Waals surface area contributed by atoms with Crippen molar-refractivity contribution >= 4 is 29.4 Å². The Balaban J connectivity index is 1.34. The number of likely N-dealkylation sites (tertiary alicyclic amines) is 1. The van der Waals surface area contributed by atoms with E-state index in [2.05, 4.69) is 53.5 Å². The van der Waals surface area contributed by atoms with Crippen molar-refractivity contribution in [3.8, 4) is 11.1 Å². The normalized spacial score (nSPS) is 20.6. The zero-order chi connectivity index (χ0) is 23.4. The molecule has 6 rings (SSSR count). The largest absolute Gasteiger partial charge is 0.341 e. The summed E-state index contributed by atoms with van der Waals surface area (Å²) in [5, 5.41) is 14.1. The molecule has 6 nitrogen and oxygen atoms in total. The molecule has 34 heavy (non-hydrogen) atoms. The Kier molecular flexibility index (Phi) is 5.51. The van der Waals surface area contributed by atoms with Gasteiger partial charge < -0.3 is 4.90 Å². The zero-order valence-electron chi connectivity index (χ0n) is 20.3. The van der Waals surface area contributed by atoms with Gasteiger partial charge in [-0.25, -0.2) is 0 Å². The van der Waals surface area contributed by atoms with Crippen LogP contribution in [0.4, 0.5) is 0 Å². The van der Waals surface area contributed by atoms with Crippen molar-refractivity contribution in [3.63, 3.8) is 0 Å². The van der Waals surface area contributed by atoms with Crippen molar-refractivity contribution in [2.24, 2.45) is 5.41 Å². The standard InChI is InChI=1S/C27H35N5OS/c1-17-8-9-22-21(14-28-29-22)24(17)25-18(2)32(30-26(25)19-6-4-3-5-7-19)20-12-27(13-20)15-31(16-27)23(33)10-11-34/h8-9,14,19-20,34H,3-7,10-13,15-16H2,1-2H3,(H,28,29). The van der Waals surface area contributed by atoms with Crippen LogP contribution in [0.25, 0.3) is 22.0 Å². The number of hydrogen-bond acceptors (Lipinski definition) is 4. The summed E-state index contributed by atoms with van der Waals surface area (Å²) in [4.78, 5) is 14.2. The molecule has 2 saturated carbocycles. The quantitative estimate of drug-likeness (QED) is 0.472. The Hall–Kier alpha value is -2.28. The Morgan fingerprint density at radius 2 is 1.91 bits per heavy atom. The lowest BCUT2D eigenvalue weighted by molar-refractivity contribution is -0.154. The molecule has 0 bridgehead atoms. The Morgan fingerprint density at radius 1 is 1.15 bits per heavy atom. The molecule has 3 aliphatic rings. The van der Waals surface area contributed by atoms with Gasteiger partial charge in [-0.15, -0.1) is 0 Å². The van der Waals surface area contributed by atoms with E-state index in [-0.39, 0.29) is 5.91 Å². The van der Waals surface area contributed by atoms with Crippen LogP contribution in [0.2, 0.25) is 0 Å². The molecule has 1 spiro atoms. The van der Waals surface area contributed by atoms with Crippen molar-refractivity contribution in [3.05, 3.63) is 35.3 Å². The van der Waals surface area contributed by atoms with E-state index in [9.17, 15) is 4.79 Å². The number of aromatic nitrogens is 4. The van der Waals surface area contributed by atoms with Crippen molar-refractivity contribution in [1.82, 2.24) is 24.9 Å². The number of benzene rings is 1. The van der Waals surface area contributed by atoms with Gasteiger partial charge in [-0.05, 0) is 62.5 Å². The minimum Gasteiger partial charge on any atom is -0.341 e. The SMILES string of the molecule is Cc1ccc2[nH]ncc2c1-c1c(C2CCCCC2)nn(C2CC3(C2)CN(C(=O)CCS)C3)c1C. The summed E-state index contributed by atoms with van der Waals surface area (Å²) in [6.07, 6.45) is 11.2. The number of fused-ring (bicyclic) bond motifs is 1. The average Bonchev–Trinajstić information content (AvgIpc) is 3.38. The molecular formula is C27H35N5OS. The molecular weight excluding hydrogens is 442 g/mol. The van der Waals surface area contributed by atoms with Gasteiger partial charge in [-0.2, -0.15) is 22.8 Å². The molecule has 0 atom stereocenters. The maximum Gasteiger partial charge on any atom is 0.223 e. The van der Waals surface area contributed by atoms with Crippen LogP contribution in [-0.2, 0) is 4.79 Å². The maximum atomic E-state index is 12.2. The van der Waals surface area contributed by atoms with E-state index in [1.807, 2.05) is 11.1 Å². The summed E-state index contributed by atoms with van der Waals surface area (Å²) >= 11 is 4.22. The minimum atomic E-state index is 0.255. The van der Waals surface area contributed by atoms with Crippen LogP contribution in [0.3, 0.4) is 0 Å². The number of H-pyrrole nitrogens is 1. The number of hydrogen-bond donors (Lipinski definition) is 2. The lowest BCUT2D eigenvalue weighted by atomic mass is 9.60. The molecule has 0 radical (unpaired) electrons. The number of carbonyl (C=O) groups excluding carboxylic acids is 1. The average molecular weight is 478 g/mol. The smallest absolute Gasteiger partial charge is 0.223 e. The van der Waals surface area contributed by atoms with Crippen LogP contribution in [0.1, 0.15) is 80.3 Å². The van der Waals surface area contributed by atoms with E-state index < -0.39 is 0 Å². The summed E-state index contributed by atoms with van der Waals surface area (Å²) in [5.41, 5.74) is 7.92. The van der Waals surface area contributed by atoms with Crippen LogP contribution in [-0.4, -0.2) is 49.6 Å². The van der Waals surface area contributed by atoms with Crippen LogP contribution in [0, 0.1) is 19.3 Å². The summed E-state index contributed by atoms with van der Waals surface area (Å²) < 4.78 is 2.35. The van der Waals surface area contributed by atoms with Gasteiger partial charge in [-0.1, -0.05) is 25.3 Å². The van der Waals surface area contributed by atoms with E-state index >= 15 is 0 Å². The number of aromatic amines is 1. The van der Waals surface area contributed by atoms with Crippen LogP contribution >= 0.6 is 12.6 Å². The first-order chi connectivity index (χ1) is 16.5. The first-order valence-corrected chi connectivity index (χ1v) is 13.5. The molecule has 3 aromatic rings. The van der Waals surface area contributed by atoms with Crippen molar-refractivity contribution in [2.45, 2.75) is 77.2 Å². The predicted molar refractivity (Wildman–Crippen MR) is 138 cm³/mol. The monoisotopic (exact) mass is 477 g/mol. The van der Waals surface area contributed by atoms with Gasteiger partial charge in [0.05, 0.1) is 23.4 Å². The summed E-state index contributed by atoms with van der Waals surface area (Å²) in [7, 11) is 0. The van der Waals surface area contributed by atoms with Gasteiger partial charge in [-0.3, -0.25) is 14.6 Å². The first kappa shape index (κ1) is 22.2. The first-order valence-electron chi connectivity index (χ1n) is 12.9. The molecule has 180 valence electrons. The molecule has 1 amide bonds. The number of amides is 1. The highest BCUT2D eigenvalue weighted by atomic mass is 32.1. The van der Waals surface area contributed by atoms with Gasteiger partial charge >= 0.3 is 0 Å². The number of aryl methyl sites for hydroxylation is 1. The van der Waals surface area contributed by atoms with Gasteiger partial charge in [0.1, 0.15) is 0 Å². The fourth-order valence-corrected chi connectivity index (χ4v) is 7.08. The molecule has 1 N–H and O–H groups in total. The highest BCUT2D eigenvalue weighted by molar-refractivity contribution is 7.80. The van der Waals surface area contributed by atoms with Gasteiger partial charge in [0.15, 0.2) is 0 Å². The van der Waals surface area contributed by atoms with E-state index in [4.69, 9.17) is 5.10 Å². The second-order valence-corrected chi connectivity index (χ2v) is 11.4. The second kappa shape index (κ2) is 8.43. The summed E-state index contributed by atoms with van der Waals surface area (Å²) in [6, 6.07) is 4.77. The fourth-order valence-electron chi connectivity index (χ4n) is 6.89. The lowest BCUT2D eigenvalue weighted by Crippen LogP contribution is -2.64. The zero-order valence-corrected chi connectivity index (χ0v) is 21.2. The van der Waals surface area contributed by atoms with E-state index in [1.54, 1.807) is 0 Å². The molecule has 3 fully saturated rings. The Morgan fingerprint density at radius 3 is 2.65 bits per heavy atom. The van der Waals surface area contributed by atoms with Gasteiger partial charge in [0.25, 0.3) is 0 Å². The molecule has 2 aromatic heterocycles. The number of thiol groups is 1. The predicted octanol–water partition coefficient (Wildman–Crippen LogP) is 5.57. The maximum absolute atomic E-state index is 12.2. The van der Waals surface area contributed by atoms with Crippen molar-refractivity contribution in [2.75, 3.05) is 18.8 Å². The molecule has 0 unspecified atom stereocenters. The third kappa shape index (κ3) is 3.50. The van der Waals surface area contributed by atoms with Crippen LogP contribution in [0.15, 0.2) is 18.3 Å². The minimum absolute atomic E-state index is 0.255. The highest BCUT2D eigenvalue weighted by Crippen LogP contribution is 2.55. The van der Waals surface area contributed by atoms with Gasteiger partial charge in [0, 0.05) is 47.5 Å². The third-order valence-corrected chi connectivity index (χ3v) is 8.89. The fraction of sp³-hybridized carbons (Fsp3) is 0.593. The van der Waals surface area contributed by atoms with E-state index in [1.165, 1.54) is 65.6 Å². The summed E-state index contributed by atoms with van der Waals surface area (Å²) in [6.45, 7) is 6.30. The number of carbonyl (C=O) groups is 1. The molecule has 1 aromatic carbocycles. The molecule has 3 heterocycles. The molecule has 1 aliphatic heterocycles. The number of rotatable bonds is 5. The van der Waals surface area contributed by atoms with Gasteiger partial charge in [0.2, 0.25) is 5.91 Å². The highest BCUT2D eigenvalue weighted by Gasteiger charge is 2.54. The molecule has 7 heteroatoms. The van der Waals surface area contributed by atoms with E-state index in [0.717, 1.165) is 31.4 Å². The summed E-state index contributed by atoms with van der Waals surface area (Å²) in [5.74, 6) is 1.43. The Labute approximate surface area is 206 Å².